The van der Waals surface area contributed by atoms with Gasteiger partial charge in [-0.05, 0) is 40.5 Å². The van der Waals surface area contributed by atoms with Crippen LogP contribution in [0.5, 0.6) is 0 Å². The SMILES string of the molecule is CCCCCCCNc1cc(Br)ccc1Br. The number of hydrogen-bond acceptors (Lipinski definition) is 1. The Morgan fingerprint density at radius 2 is 1.81 bits per heavy atom. The Balaban J connectivity index is 2.23. The quantitative estimate of drug-likeness (QED) is 0.633. The molecule has 0 bridgehead atoms. The number of unbranched alkanes of at least 4 members (excludes halogenated alkanes) is 4. The molecule has 1 N–H and O–H groups in total. The van der Waals surface area contributed by atoms with E-state index in [1.165, 1.54) is 37.8 Å². The van der Waals surface area contributed by atoms with E-state index in [0.29, 0.717) is 0 Å². The number of benzene rings is 1. The van der Waals surface area contributed by atoms with Gasteiger partial charge in [0.05, 0.1) is 0 Å². The van der Waals surface area contributed by atoms with Gasteiger partial charge in [-0.2, -0.15) is 0 Å². The lowest BCUT2D eigenvalue weighted by Crippen LogP contribution is -2.01. The second-order valence-corrected chi connectivity index (χ2v) is 5.74. The Bertz CT molecular complexity index is 313. The summed E-state index contributed by atoms with van der Waals surface area (Å²) in [7, 11) is 0. The smallest absolute Gasteiger partial charge is 0.0495 e. The van der Waals surface area contributed by atoms with E-state index in [2.05, 4.69) is 56.2 Å². The highest BCUT2D eigenvalue weighted by atomic mass is 79.9. The third-order valence-corrected chi connectivity index (χ3v) is 3.71. The molecule has 0 aromatic heterocycles. The Kier molecular flexibility index (Phi) is 7.13. The largest absolute Gasteiger partial charge is 0.384 e. The molecule has 0 aliphatic rings. The van der Waals surface area contributed by atoms with Crippen LogP contribution in [0.2, 0.25) is 0 Å². The van der Waals surface area contributed by atoms with E-state index in [1.807, 2.05) is 6.07 Å². The molecule has 0 heterocycles. The van der Waals surface area contributed by atoms with E-state index in [4.69, 9.17) is 0 Å². The summed E-state index contributed by atoms with van der Waals surface area (Å²) in [5.74, 6) is 0. The highest BCUT2D eigenvalue weighted by Crippen LogP contribution is 2.26. The maximum absolute atomic E-state index is 3.54. The molecule has 16 heavy (non-hydrogen) atoms. The average molecular weight is 349 g/mol. The van der Waals surface area contributed by atoms with Crippen molar-refractivity contribution in [3.05, 3.63) is 27.1 Å². The topological polar surface area (TPSA) is 12.0 Å². The molecule has 0 saturated carbocycles. The lowest BCUT2D eigenvalue weighted by molar-refractivity contribution is 0.645. The van der Waals surface area contributed by atoms with Crippen molar-refractivity contribution in [1.82, 2.24) is 0 Å². The zero-order valence-corrected chi connectivity index (χ0v) is 12.9. The molecule has 0 aliphatic heterocycles. The minimum atomic E-state index is 1.05. The second-order valence-electron chi connectivity index (χ2n) is 3.97. The second kappa shape index (κ2) is 8.13. The Morgan fingerprint density at radius 1 is 1.06 bits per heavy atom. The molecule has 1 nitrogen and oxygen atoms in total. The van der Waals surface area contributed by atoms with Crippen LogP contribution in [-0.4, -0.2) is 6.54 Å². The number of halogens is 2. The Morgan fingerprint density at radius 3 is 2.56 bits per heavy atom. The van der Waals surface area contributed by atoms with Crippen LogP contribution in [0.25, 0.3) is 0 Å². The molecule has 0 amide bonds. The maximum atomic E-state index is 3.54. The predicted molar refractivity (Wildman–Crippen MR) is 79.1 cm³/mol. The molecule has 90 valence electrons. The first kappa shape index (κ1) is 14.0. The van der Waals surface area contributed by atoms with Crippen molar-refractivity contribution in [1.29, 1.82) is 0 Å². The van der Waals surface area contributed by atoms with Crippen molar-refractivity contribution in [2.75, 3.05) is 11.9 Å². The molecule has 1 rings (SSSR count). The molecule has 1 aromatic rings. The summed E-state index contributed by atoms with van der Waals surface area (Å²) in [6, 6.07) is 6.20. The Labute approximate surface area is 115 Å². The average Bonchev–Trinajstić information content (AvgIpc) is 2.28. The Hall–Kier alpha value is -0.0200. The first-order valence-corrected chi connectivity index (χ1v) is 7.51. The van der Waals surface area contributed by atoms with E-state index in [1.54, 1.807) is 0 Å². The van der Waals surface area contributed by atoms with Gasteiger partial charge >= 0.3 is 0 Å². The van der Waals surface area contributed by atoms with E-state index in [0.717, 1.165) is 15.5 Å². The maximum Gasteiger partial charge on any atom is 0.0495 e. The first-order valence-electron chi connectivity index (χ1n) is 5.93. The molecular formula is C13H19Br2N. The molecule has 0 radical (unpaired) electrons. The monoisotopic (exact) mass is 347 g/mol. The molecule has 0 fully saturated rings. The van der Waals surface area contributed by atoms with Crippen molar-refractivity contribution >= 4 is 37.5 Å². The predicted octanol–water partition coefficient (Wildman–Crippen LogP) is 5.59. The van der Waals surface area contributed by atoms with Gasteiger partial charge in [0.15, 0.2) is 0 Å². The van der Waals surface area contributed by atoms with E-state index in [-0.39, 0.29) is 0 Å². The lowest BCUT2D eigenvalue weighted by atomic mass is 10.1. The highest BCUT2D eigenvalue weighted by Gasteiger charge is 1.99. The fourth-order valence-electron chi connectivity index (χ4n) is 1.58. The van der Waals surface area contributed by atoms with Crippen LogP contribution in [0.4, 0.5) is 5.69 Å². The van der Waals surface area contributed by atoms with Crippen LogP contribution in [0, 0.1) is 0 Å². The van der Waals surface area contributed by atoms with Gasteiger partial charge in [-0.25, -0.2) is 0 Å². The fraction of sp³-hybridized carbons (Fsp3) is 0.538. The van der Waals surface area contributed by atoms with Crippen molar-refractivity contribution in [2.24, 2.45) is 0 Å². The zero-order chi connectivity index (χ0) is 11.8. The summed E-state index contributed by atoms with van der Waals surface area (Å²) in [4.78, 5) is 0. The van der Waals surface area contributed by atoms with E-state index < -0.39 is 0 Å². The standard InChI is InChI=1S/C13H19Br2N/c1-2-3-4-5-6-9-16-13-10-11(14)7-8-12(13)15/h7-8,10,16H,2-6,9H2,1H3. The summed E-state index contributed by atoms with van der Waals surface area (Å²) < 4.78 is 2.24. The number of nitrogens with one attached hydrogen (secondary N) is 1. The van der Waals surface area contributed by atoms with Gasteiger partial charge in [-0.15, -0.1) is 0 Å². The number of anilines is 1. The summed E-state index contributed by atoms with van der Waals surface area (Å²) in [6.07, 6.45) is 6.61. The van der Waals surface area contributed by atoms with Crippen LogP contribution >= 0.6 is 31.9 Å². The van der Waals surface area contributed by atoms with Crippen molar-refractivity contribution in [2.45, 2.75) is 39.0 Å². The molecule has 0 atom stereocenters. The molecule has 0 spiro atoms. The minimum Gasteiger partial charge on any atom is -0.384 e. The molecule has 0 saturated heterocycles. The van der Waals surface area contributed by atoms with Gasteiger partial charge in [0.2, 0.25) is 0 Å². The molecule has 0 aliphatic carbocycles. The first-order chi connectivity index (χ1) is 7.74. The van der Waals surface area contributed by atoms with Gasteiger partial charge < -0.3 is 5.32 Å². The molecule has 1 aromatic carbocycles. The van der Waals surface area contributed by atoms with Gasteiger partial charge in [0.25, 0.3) is 0 Å². The highest BCUT2D eigenvalue weighted by molar-refractivity contribution is 9.11. The molecule has 0 unspecified atom stereocenters. The normalized spacial score (nSPS) is 10.4. The molecule has 3 heteroatoms. The minimum absolute atomic E-state index is 1.05. The fourth-order valence-corrected chi connectivity index (χ4v) is 2.33. The van der Waals surface area contributed by atoms with Crippen LogP contribution < -0.4 is 5.32 Å². The van der Waals surface area contributed by atoms with Crippen molar-refractivity contribution < 1.29 is 0 Å². The van der Waals surface area contributed by atoms with Crippen molar-refractivity contribution in [3.63, 3.8) is 0 Å². The summed E-state index contributed by atoms with van der Waals surface area (Å²) >= 11 is 7.02. The number of hydrogen-bond donors (Lipinski definition) is 1. The molecular weight excluding hydrogens is 330 g/mol. The third-order valence-electron chi connectivity index (χ3n) is 2.52. The van der Waals surface area contributed by atoms with Crippen LogP contribution in [-0.2, 0) is 0 Å². The van der Waals surface area contributed by atoms with Crippen LogP contribution in [0.3, 0.4) is 0 Å². The van der Waals surface area contributed by atoms with Gasteiger partial charge in [0.1, 0.15) is 0 Å². The van der Waals surface area contributed by atoms with Crippen LogP contribution in [0.15, 0.2) is 27.1 Å². The summed E-state index contributed by atoms with van der Waals surface area (Å²) in [6.45, 7) is 3.30. The van der Waals surface area contributed by atoms with Gasteiger partial charge in [-0.1, -0.05) is 48.5 Å². The van der Waals surface area contributed by atoms with Gasteiger partial charge in [-0.3, -0.25) is 0 Å². The van der Waals surface area contributed by atoms with E-state index >= 15 is 0 Å². The van der Waals surface area contributed by atoms with Crippen molar-refractivity contribution in [3.8, 4) is 0 Å². The zero-order valence-electron chi connectivity index (χ0n) is 9.73. The van der Waals surface area contributed by atoms with E-state index in [9.17, 15) is 0 Å². The lowest BCUT2D eigenvalue weighted by Gasteiger charge is -2.08. The summed E-state index contributed by atoms with van der Waals surface area (Å²) in [5, 5.41) is 3.45. The number of rotatable bonds is 7. The van der Waals surface area contributed by atoms with Gasteiger partial charge in [0, 0.05) is 21.2 Å². The third kappa shape index (κ3) is 5.35. The summed E-state index contributed by atoms with van der Waals surface area (Å²) in [5.41, 5.74) is 1.17. The van der Waals surface area contributed by atoms with Crippen LogP contribution in [0.1, 0.15) is 39.0 Å².